The molecule has 1 aliphatic rings. The SMILES string of the molecule is COC(=O)[C@@H]1CCCCN1C(=O)C(c1ccccc1)c1ccccc1. The van der Waals surface area contributed by atoms with Crippen LogP contribution in [0.5, 0.6) is 0 Å². The van der Waals surface area contributed by atoms with Gasteiger partial charge in [0.15, 0.2) is 0 Å². The maximum atomic E-state index is 13.4. The number of ether oxygens (including phenoxy) is 1. The van der Waals surface area contributed by atoms with Crippen LogP contribution < -0.4 is 0 Å². The predicted molar refractivity (Wildman–Crippen MR) is 96.1 cm³/mol. The van der Waals surface area contributed by atoms with Crippen molar-refractivity contribution in [1.82, 2.24) is 4.90 Å². The van der Waals surface area contributed by atoms with Crippen molar-refractivity contribution >= 4 is 11.9 Å². The van der Waals surface area contributed by atoms with Crippen LogP contribution in [0.2, 0.25) is 0 Å². The first-order valence-corrected chi connectivity index (χ1v) is 8.70. The maximum absolute atomic E-state index is 13.4. The summed E-state index contributed by atoms with van der Waals surface area (Å²) in [5.41, 5.74) is 1.88. The molecule has 1 heterocycles. The van der Waals surface area contributed by atoms with Gasteiger partial charge in [-0.05, 0) is 30.4 Å². The molecule has 0 saturated carbocycles. The molecule has 0 unspecified atom stereocenters. The van der Waals surface area contributed by atoms with Crippen molar-refractivity contribution in [2.45, 2.75) is 31.2 Å². The topological polar surface area (TPSA) is 46.6 Å². The van der Waals surface area contributed by atoms with Crippen LogP contribution in [0.25, 0.3) is 0 Å². The monoisotopic (exact) mass is 337 g/mol. The van der Waals surface area contributed by atoms with E-state index in [9.17, 15) is 9.59 Å². The zero-order valence-electron chi connectivity index (χ0n) is 14.4. The van der Waals surface area contributed by atoms with Gasteiger partial charge in [0, 0.05) is 6.54 Å². The number of likely N-dealkylation sites (tertiary alicyclic amines) is 1. The molecule has 4 nitrogen and oxygen atoms in total. The quantitative estimate of drug-likeness (QED) is 0.804. The number of piperidine rings is 1. The Bertz CT molecular complexity index is 675. The lowest BCUT2D eigenvalue weighted by atomic mass is 9.88. The molecule has 3 rings (SSSR count). The van der Waals surface area contributed by atoms with Crippen molar-refractivity contribution in [3.05, 3.63) is 71.8 Å². The van der Waals surface area contributed by atoms with Crippen molar-refractivity contribution in [3.63, 3.8) is 0 Å². The second kappa shape index (κ2) is 7.97. The van der Waals surface area contributed by atoms with Crippen molar-refractivity contribution in [3.8, 4) is 0 Å². The Labute approximate surface area is 148 Å². The summed E-state index contributed by atoms with van der Waals surface area (Å²) >= 11 is 0. The summed E-state index contributed by atoms with van der Waals surface area (Å²) in [6, 6.07) is 19.0. The molecule has 25 heavy (non-hydrogen) atoms. The minimum absolute atomic E-state index is 0.0347. The van der Waals surface area contributed by atoms with Crippen LogP contribution in [-0.2, 0) is 14.3 Å². The number of carbonyl (C=O) groups excluding carboxylic acids is 2. The molecule has 0 spiro atoms. The van der Waals surface area contributed by atoms with E-state index in [1.54, 1.807) is 4.90 Å². The second-order valence-corrected chi connectivity index (χ2v) is 6.32. The van der Waals surface area contributed by atoms with Gasteiger partial charge >= 0.3 is 5.97 Å². The zero-order chi connectivity index (χ0) is 17.6. The normalized spacial score (nSPS) is 17.4. The molecule has 1 fully saturated rings. The summed E-state index contributed by atoms with van der Waals surface area (Å²) in [6.07, 6.45) is 2.51. The fourth-order valence-corrected chi connectivity index (χ4v) is 3.51. The van der Waals surface area contributed by atoms with Crippen LogP contribution in [0.3, 0.4) is 0 Å². The molecule has 1 aliphatic heterocycles. The van der Waals surface area contributed by atoms with Crippen molar-refractivity contribution < 1.29 is 14.3 Å². The number of carbonyl (C=O) groups is 2. The van der Waals surface area contributed by atoms with Crippen LogP contribution in [-0.4, -0.2) is 36.5 Å². The number of hydrogen-bond acceptors (Lipinski definition) is 3. The minimum Gasteiger partial charge on any atom is -0.467 e. The molecule has 4 heteroatoms. The Morgan fingerprint density at radius 1 is 0.960 bits per heavy atom. The Hall–Kier alpha value is -2.62. The lowest BCUT2D eigenvalue weighted by Crippen LogP contribution is -2.50. The summed E-state index contributed by atoms with van der Waals surface area (Å²) in [6.45, 7) is 0.592. The second-order valence-electron chi connectivity index (χ2n) is 6.32. The average Bonchev–Trinajstić information content (AvgIpc) is 2.69. The van der Waals surface area contributed by atoms with Crippen LogP contribution >= 0.6 is 0 Å². The highest BCUT2D eigenvalue weighted by Crippen LogP contribution is 2.30. The third-order valence-electron chi connectivity index (χ3n) is 4.77. The molecule has 1 saturated heterocycles. The van der Waals surface area contributed by atoms with Crippen molar-refractivity contribution in [1.29, 1.82) is 0 Å². The van der Waals surface area contributed by atoms with Gasteiger partial charge in [-0.3, -0.25) is 4.79 Å². The number of rotatable bonds is 4. The molecule has 2 aromatic rings. The van der Waals surface area contributed by atoms with Gasteiger partial charge in [-0.25, -0.2) is 4.79 Å². The largest absolute Gasteiger partial charge is 0.467 e. The van der Waals surface area contributed by atoms with Crippen molar-refractivity contribution in [2.24, 2.45) is 0 Å². The third-order valence-corrected chi connectivity index (χ3v) is 4.77. The van der Waals surface area contributed by atoms with Crippen LogP contribution in [0.1, 0.15) is 36.3 Å². The highest BCUT2D eigenvalue weighted by atomic mass is 16.5. The summed E-state index contributed by atoms with van der Waals surface area (Å²) in [5.74, 6) is -0.770. The molecule has 0 bridgehead atoms. The smallest absolute Gasteiger partial charge is 0.328 e. The molecule has 2 aromatic carbocycles. The standard InChI is InChI=1S/C21H23NO3/c1-25-21(24)18-14-8-9-15-22(18)20(23)19(16-10-4-2-5-11-16)17-12-6-3-7-13-17/h2-7,10-13,18-19H,8-9,14-15H2,1H3/t18-/m0/s1. The van der Waals surface area contributed by atoms with E-state index in [0.29, 0.717) is 13.0 Å². The molecule has 0 aromatic heterocycles. The third kappa shape index (κ3) is 3.73. The molecule has 1 atom stereocenters. The highest BCUT2D eigenvalue weighted by molar-refractivity contribution is 5.91. The van der Waals surface area contributed by atoms with Crippen LogP contribution in [0.4, 0.5) is 0 Å². The molecular formula is C21H23NO3. The summed E-state index contributed by atoms with van der Waals surface area (Å²) < 4.78 is 4.93. The number of amides is 1. The first kappa shape index (κ1) is 17.2. The lowest BCUT2D eigenvalue weighted by Gasteiger charge is -2.36. The van der Waals surface area contributed by atoms with Gasteiger partial charge in [0.2, 0.25) is 5.91 Å². The number of hydrogen-bond donors (Lipinski definition) is 0. The van der Waals surface area contributed by atoms with E-state index in [2.05, 4.69) is 0 Å². The van der Waals surface area contributed by atoms with Crippen LogP contribution in [0, 0.1) is 0 Å². The van der Waals surface area contributed by atoms with E-state index in [-0.39, 0.29) is 11.9 Å². The van der Waals surface area contributed by atoms with E-state index in [0.717, 1.165) is 24.0 Å². The summed E-state index contributed by atoms with van der Waals surface area (Å²) in [7, 11) is 1.38. The van der Waals surface area contributed by atoms with Gasteiger partial charge < -0.3 is 9.64 Å². The predicted octanol–water partition coefficient (Wildman–Crippen LogP) is 3.37. The Morgan fingerprint density at radius 2 is 1.52 bits per heavy atom. The van der Waals surface area contributed by atoms with Crippen molar-refractivity contribution in [2.75, 3.05) is 13.7 Å². The Morgan fingerprint density at radius 3 is 2.04 bits per heavy atom. The minimum atomic E-state index is -0.485. The van der Waals surface area contributed by atoms with Gasteiger partial charge in [0.1, 0.15) is 6.04 Å². The van der Waals surface area contributed by atoms with Gasteiger partial charge in [-0.15, -0.1) is 0 Å². The zero-order valence-corrected chi connectivity index (χ0v) is 14.4. The molecular weight excluding hydrogens is 314 g/mol. The Kier molecular flexibility index (Phi) is 5.49. The molecule has 0 radical (unpaired) electrons. The van der Waals surface area contributed by atoms with E-state index < -0.39 is 12.0 Å². The first-order valence-electron chi connectivity index (χ1n) is 8.70. The van der Waals surface area contributed by atoms with E-state index in [4.69, 9.17) is 4.74 Å². The fourth-order valence-electron chi connectivity index (χ4n) is 3.51. The molecule has 0 aliphatic carbocycles. The van der Waals surface area contributed by atoms with E-state index in [1.165, 1.54) is 7.11 Å². The van der Waals surface area contributed by atoms with Crippen LogP contribution in [0.15, 0.2) is 60.7 Å². The lowest BCUT2D eigenvalue weighted by molar-refractivity contribution is -0.154. The fraction of sp³-hybridized carbons (Fsp3) is 0.333. The molecule has 130 valence electrons. The Balaban J connectivity index is 1.98. The number of esters is 1. The van der Waals surface area contributed by atoms with Gasteiger partial charge in [-0.2, -0.15) is 0 Å². The maximum Gasteiger partial charge on any atom is 0.328 e. The average molecular weight is 337 g/mol. The van der Waals surface area contributed by atoms with E-state index >= 15 is 0 Å². The first-order chi connectivity index (χ1) is 12.2. The van der Waals surface area contributed by atoms with E-state index in [1.807, 2.05) is 60.7 Å². The summed E-state index contributed by atoms with van der Waals surface area (Å²) in [4.78, 5) is 27.3. The summed E-state index contributed by atoms with van der Waals surface area (Å²) in [5, 5.41) is 0. The number of benzene rings is 2. The molecule has 1 amide bonds. The molecule has 0 N–H and O–H groups in total. The van der Waals surface area contributed by atoms with Gasteiger partial charge in [-0.1, -0.05) is 60.7 Å². The van der Waals surface area contributed by atoms with Gasteiger partial charge in [0.05, 0.1) is 13.0 Å². The van der Waals surface area contributed by atoms with Gasteiger partial charge in [0.25, 0.3) is 0 Å². The number of nitrogens with zero attached hydrogens (tertiary/aromatic N) is 1. The highest BCUT2D eigenvalue weighted by Gasteiger charge is 2.37. The number of methoxy groups -OCH3 is 1.